The zero-order chi connectivity index (χ0) is 17.6. The topological polar surface area (TPSA) is 55.2 Å². The van der Waals surface area contributed by atoms with Crippen LogP contribution < -0.4 is 5.56 Å². The van der Waals surface area contributed by atoms with Gasteiger partial charge in [-0.3, -0.25) is 14.2 Å². The molecule has 0 fully saturated rings. The lowest BCUT2D eigenvalue weighted by Gasteiger charge is -2.29. The Balaban J connectivity index is 1.60. The Kier molecular flexibility index (Phi) is 3.92. The van der Waals surface area contributed by atoms with Gasteiger partial charge in [-0.2, -0.15) is 0 Å². The monoisotopic (exact) mass is 353 g/mol. The summed E-state index contributed by atoms with van der Waals surface area (Å²) in [5.74, 6) is -0.0395. The van der Waals surface area contributed by atoms with Crippen molar-refractivity contribution in [3.8, 4) is 0 Å². The van der Waals surface area contributed by atoms with Gasteiger partial charge in [-0.05, 0) is 37.0 Å². The Morgan fingerprint density at radius 2 is 2.00 bits per heavy atom. The van der Waals surface area contributed by atoms with Crippen molar-refractivity contribution in [2.24, 2.45) is 0 Å². The fourth-order valence-electron chi connectivity index (χ4n) is 3.34. The van der Waals surface area contributed by atoms with Crippen molar-refractivity contribution in [2.45, 2.75) is 33.4 Å². The van der Waals surface area contributed by atoms with E-state index in [0.717, 1.165) is 21.7 Å². The van der Waals surface area contributed by atoms with Gasteiger partial charge in [0.05, 0.1) is 11.7 Å². The first-order chi connectivity index (χ1) is 12.0. The fraction of sp³-hybridized carbons (Fsp3) is 0.316. The lowest BCUT2D eigenvalue weighted by molar-refractivity contribution is -0.132. The van der Waals surface area contributed by atoms with Crippen LogP contribution in [-0.4, -0.2) is 26.9 Å². The van der Waals surface area contributed by atoms with E-state index >= 15 is 0 Å². The van der Waals surface area contributed by atoms with Crippen LogP contribution in [0.25, 0.3) is 10.2 Å². The van der Waals surface area contributed by atoms with Gasteiger partial charge in [-0.25, -0.2) is 4.98 Å². The van der Waals surface area contributed by atoms with Crippen LogP contribution in [0.1, 0.15) is 21.6 Å². The molecule has 0 spiro atoms. The van der Waals surface area contributed by atoms with Crippen molar-refractivity contribution in [3.05, 3.63) is 62.5 Å². The van der Waals surface area contributed by atoms with Crippen molar-refractivity contribution in [2.75, 3.05) is 6.54 Å². The van der Waals surface area contributed by atoms with E-state index in [9.17, 15) is 9.59 Å². The molecule has 0 unspecified atom stereocenters. The molecular formula is C19H19N3O2S. The molecule has 128 valence electrons. The molecule has 1 aliphatic heterocycles. The molecule has 3 aromatic rings. The number of aromatic nitrogens is 2. The van der Waals surface area contributed by atoms with Crippen LogP contribution in [0.5, 0.6) is 0 Å². The maximum absolute atomic E-state index is 12.7. The van der Waals surface area contributed by atoms with Crippen LogP contribution in [-0.2, 0) is 24.3 Å². The molecule has 0 bridgehead atoms. The van der Waals surface area contributed by atoms with Gasteiger partial charge in [-0.15, -0.1) is 11.3 Å². The van der Waals surface area contributed by atoms with Gasteiger partial charge in [0.1, 0.15) is 11.4 Å². The highest BCUT2D eigenvalue weighted by molar-refractivity contribution is 7.18. The van der Waals surface area contributed by atoms with Gasteiger partial charge in [0.15, 0.2) is 0 Å². The smallest absolute Gasteiger partial charge is 0.262 e. The first-order valence-electron chi connectivity index (χ1n) is 8.34. The maximum atomic E-state index is 12.7. The maximum Gasteiger partial charge on any atom is 0.262 e. The number of hydrogen-bond donors (Lipinski definition) is 0. The Bertz CT molecular complexity index is 1030. The van der Waals surface area contributed by atoms with Crippen LogP contribution in [0.15, 0.2) is 35.4 Å². The average molecular weight is 353 g/mol. The molecule has 0 radical (unpaired) electrons. The lowest BCUT2D eigenvalue weighted by Crippen LogP contribution is -2.39. The van der Waals surface area contributed by atoms with Crippen LogP contribution in [0.3, 0.4) is 0 Å². The summed E-state index contributed by atoms with van der Waals surface area (Å²) < 4.78 is 1.43. The summed E-state index contributed by atoms with van der Waals surface area (Å²) in [5, 5.41) is 0.641. The number of aryl methyl sites for hydroxylation is 2. The molecule has 0 atom stereocenters. The average Bonchev–Trinajstić information content (AvgIpc) is 2.92. The molecule has 6 heteroatoms. The largest absolute Gasteiger partial charge is 0.336 e. The highest BCUT2D eigenvalue weighted by atomic mass is 32.1. The summed E-state index contributed by atoms with van der Waals surface area (Å²) in [6.45, 7) is 5.26. The molecule has 3 heterocycles. The lowest BCUT2D eigenvalue weighted by atomic mass is 10.00. The van der Waals surface area contributed by atoms with Crippen molar-refractivity contribution >= 4 is 27.5 Å². The molecule has 0 saturated carbocycles. The molecule has 1 aromatic carbocycles. The predicted molar refractivity (Wildman–Crippen MR) is 98.9 cm³/mol. The highest BCUT2D eigenvalue weighted by Crippen LogP contribution is 2.25. The van der Waals surface area contributed by atoms with E-state index in [1.807, 2.05) is 30.9 Å². The van der Waals surface area contributed by atoms with Gasteiger partial charge in [0.25, 0.3) is 5.56 Å². The second-order valence-corrected chi connectivity index (χ2v) is 7.68. The second kappa shape index (κ2) is 6.11. The minimum absolute atomic E-state index is 0.0395. The number of fused-ring (bicyclic) bond motifs is 2. The van der Waals surface area contributed by atoms with Crippen LogP contribution in [0.2, 0.25) is 0 Å². The van der Waals surface area contributed by atoms with E-state index in [4.69, 9.17) is 0 Å². The summed E-state index contributed by atoms with van der Waals surface area (Å²) in [5.41, 5.74) is 3.33. The Hall–Kier alpha value is -2.47. The number of rotatable bonds is 2. The number of carbonyl (C=O) groups is 1. The Morgan fingerprint density at radius 3 is 2.80 bits per heavy atom. The van der Waals surface area contributed by atoms with E-state index in [0.29, 0.717) is 18.5 Å². The van der Waals surface area contributed by atoms with E-state index in [2.05, 4.69) is 17.1 Å². The molecule has 0 saturated heterocycles. The van der Waals surface area contributed by atoms with E-state index in [-0.39, 0.29) is 18.0 Å². The summed E-state index contributed by atoms with van der Waals surface area (Å²) in [7, 11) is 0. The molecular weight excluding hydrogens is 334 g/mol. The standard InChI is InChI=1S/C19H19N3O2S/c1-12-13(2)25-18-17(12)19(24)22(11-20-18)10-16(23)21-8-7-14-5-3-4-6-15(14)9-21/h3-6,11H,7-10H2,1-2H3. The van der Waals surface area contributed by atoms with Crippen molar-refractivity contribution < 1.29 is 4.79 Å². The Morgan fingerprint density at radius 1 is 1.24 bits per heavy atom. The number of benzene rings is 1. The predicted octanol–water partition coefficient (Wildman–Crippen LogP) is 2.66. The third kappa shape index (κ3) is 2.76. The summed E-state index contributed by atoms with van der Waals surface area (Å²) >= 11 is 1.52. The van der Waals surface area contributed by atoms with Gasteiger partial charge < -0.3 is 4.90 Å². The first kappa shape index (κ1) is 16.0. The summed E-state index contributed by atoms with van der Waals surface area (Å²) in [6.07, 6.45) is 2.35. The van der Waals surface area contributed by atoms with E-state index < -0.39 is 0 Å². The molecule has 4 rings (SSSR count). The SMILES string of the molecule is Cc1sc2ncn(CC(=O)N3CCc4ccccc4C3)c(=O)c2c1C. The molecule has 1 aliphatic rings. The fourth-order valence-corrected chi connectivity index (χ4v) is 4.32. The molecule has 2 aromatic heterocycles. The quantitative estimate of drug-likeness (QED) is 0.712. The third-order valence-electron chi connectivity index (χ3n) is 4.94. The zero-order valence-corrected chi connectivity index (χ0v) is 15.1. The summed E-state index contributed by atoms with van der Waals surface area (Å²) in [6, 6.07) is 8.20. The highest BCUT2D eigenvalue weighted by Gasteiger charge is 2.21. The third-order valence-corrected chi connectivity index (χ3v) is 6.06. The molecule has 0 aliphatic carbocycles. The molecule has 1 amide bonds. The molecule has 25 heavy (non-hydrogen) atoms. The van der Waals surface area contributed by atoms with E-state index in [1.54, 1.807) is 0 Å². The number of amides is 1. The van der Waals surface area contributed by atoms with Gasteiger partial charge in [0.2, 0.25) is 5.91 Å². The second-order valence-electron chi connectivity index (χ2n) is 6.48. The van der Waals surface area contributed by atoms with Gasteiger partial charge in [0, 0.05) is 18.0 Å². The van der Waals surface area contributed by atoms with Crippen molar-refractivity contribution in [3.63, 3.8) is 0 Å². The van der Waals surface area contributed by atoms with E-state index in [1.165, 1.54) is 33.4 Å². The molecule has 5 nitrogen and oxygen atoms in total. The Labute approximate surface area is 149 Å². The number of carbonyl (C=O) groups excluding carboxylic acids is 1. The van der Waals surface area contributed by atoms with Crippen LogP contribution >= 0.6 is 11.3 Å². The minimum atomic E-state index is -0.127. The van der Waals surface area contributed by atoms with Crippen molar-refractivity contribution in [1.29, 1.82) is 0 Å². The minimum Gasteiger partial charge on any atom is -0.336 e. The number of thiophene rings is 1. The number of hydrogen-bond acceptors (Lipinski definition) is 4. The number of nitrogens with zero attached hydrogens (tertiary/aromatic N) is 3. The first-order valence-corrected chi connectivity index (χ1v) is 9.16. The molecule has 0 N–H and O–H groups in total. The van der Waals surface area contributed by atoms with Gasteiger partial charge in [-0.1, -0.05) is 24.3 Å². The van der Waals surface area contributed by atoms with Gasteiger partial charge >= 0.3 is 0 Å². The zero-order valence-electron chi connectivity index (χ0n) is 14.3. The van der Waals surface area contributed by atoms with Crippen molar-refractivity contribution in [1.82, 2.24) is 14.5 Å². The summed E-state index contributed by atoms with van der Waals surface area (Å²) in [4.78, 5) is 33.5. The van der Waals surface area contributed by atoms with Crippen LogP contribution in [0, 0.1) is 13.8 Å². The normalized spacial score (nSPS) is 13.9. The van der Waals surface area contributed by atoms with Crippen LogP contribution in [0.4, 0.5) is 0 Å².